The van der Waals surface area contributed by atoms with E-state index in [1.54, 1.807) is 59.8 Å². The lowest BCUT2D eigenvalue weighted by molar-refractivity contribution is -0.146. The summed E-state index contributed by atoms with van der Waals surface area (Å²) in [6.45, 7) is 18.9. The van der Waals surface area contributed by atoms with Gasteiger partial charge in [-0.3, -0.25) is 14.3 Å². The van der Waals surface area contributed by atoms with Crippen molar-refractivity contribution in [3.63, 3.8) is 0 Å². The molecule has 0 saturated carbocycles. The van der Waals surface area contributed by atoms with E-state index < -0.39 is 53.3 Å². The summed E-state index contributed by atoms with van der Waals surface area (Å²) in [5, 5.41) is 11.5. The van der Waals surface area contributed by atoms with Gasteiger partial charge in [0.2, 0.25) is 7.37 Å². The first-order valence-corrected chi connectivity index (χ1v) is 19.4. The molecule has 2 heterocycles. The van der Waals surface area contributed by atoms with E-state index in [1.165, 1.54) is 0 Å². The Morgan fingerprint density at radius 3 is 2.06 bits per heavy atom. The van der Waals surface area contributed by atoms with E-state index in [2.05, 4.69) is 23.1 Å². The number of carboxylic acid groups (broad SMARTS) is 1. The molecule has 268 valence electrons. The number of benzene rings is 1. The van der Waals surface area contributed by atoms with Gasteiger partial charge in [0.15, 0.2) is 5.16 Å². The van der Waals surface area contributed by atoms with E-state index in [4.69, 9.17) is 14.0 Å². The van der Waals surface area contributed by atoms with Crippen molar-refractivity contribution in [2.24, 2.45) is 5.41 Å². The molecule has 48 heavy (non-hydrogen) atoms. The summed E-state index contributed by atoms with van der Waals surface area (Å²) in [5.41, 5.74) is -0.149. The van der Waals surface area contributed by atoms with Crippen molar-refractivity contribution < 1.29 is 38.1 Å². The van der Waals surface area contributed by atoms with Gasteiger partial charge in [-0.05, 0) is 95.7 Å². The zero-order valence-corrected chi connectivity index (χ0v) is 32.0. The molecule has 0 bridgehead atoms. The van der Waals surface area contributed by atoms with Crippen LogP contribution < -0.4 is 0 Å². The number of ether oxygens (including phenoxy) is 2. The highest BCUT2D eigenvalue weighted by atomic mass is 32.1. The number of imide groups is 1. The number of hydrogen-bond donors (Lipinski definition) is 1. The Morgan fingerprint density at radius 2 is 1.56 bits per heavy atom. The first-order chi connectivity index (χ1) is 22.1. The molecule has 3 atom stereocenters. The van der Waals surface area contributed by atoms with Crippen LogP contribution in [0.3, 0.4) is 0 Å². The second kappa shape index (κ2) is 15.4. The molecule has 1 saturated heterocycles. The Hall–Kier alpha value is -2.72. The van der Waals surface area contributed by atoms with E-state index in [-0.39, 0.29) is 38.6 Å². The molecular weight excluding hydrogens is 651 g/mol. The van der Waals surface area contributed by atoms with Crippen molar-refractivity contribution in [2.75, 3.05) is 25.9 Å². The maximum atomic E-state index is 14.9. The van der Waals surface area contributed by atoms with Crippen LogP contribution in [-0.2, 0) is 29.9 Å². The van der Waals surface area contributed by atoms with Gasteiger partial charge in [-0.1, -0.05) is 51.1 Å². The fourth-order valence-electron chi connectivity index (χ4n) is 6.68. The fraction of sp³-hybridized carbons (Fsp3) is 0.639. The first-order valence-electron chi connectivity index (χ1n) is 16.7. The monoisotopic (exact) mass is 706 g/mol. The topological polar surface area (TPSA) is 123 Å². The van der Waals surface area contributed by atoms with Gasteiger partial charge in [-0.15, -0.1) is 11.3 Å². The Labute approximate surface area is 290 Å². The number of hydrogen-bond acceptors (Lipinski definition) is 9. The van der Waals surface area contributed by atoms with Crippen molar-refractivity contribution in [3.8, 4) is 10.4 Å². The molecule has 12 heteroatoms. The SMILES string of the molecule is CCOP1(=O)CCN(Cc2ccccc2-c2cccs2)C(C(C)(C)C)C1(CCCCN(C(=O)OC(C)(C)C)C(=O)OC(C)(C)C)C(=O)O. The van der Waals surface area contributed by atoms with Gasteiger partial charge in [-0.2, -0.15) is 0 Å². The number of carbonyl (C=O) groups excluding carboxylic acids is 2. The van der Waals surface area contributed by atoms with E-state index in [0.29, 0.717) is 13.1 Å². The van der Waals surface area contributed by atoms with Gasteiger partial charge >= 0.3 is 18.2 Å². The van der Waals surface area contributed by atoms with Gasteiger partial charge in [0, 0.05) is 36.7 Å². The predicted octanol–water partition coefficient (Wildman–Crippen LogP) is 9.13. The summed E-state index contributed by atoms with van der Waals surface area (Å²) in [4.78, 5) is 44.1. The third-order valence-corrected chi connectivity index (χ3v) is 12.5. The summed E-state index contributed by atoms with van der Waals surface area (Å²) in [6, 6.07) is 11.6. The van der Waals surface area contributed by atoms with Gasteiger partial charge < -0.3 is 19.1 Å². The zero-order valence-electron chi connectivity index (χ0n) is 30.3. The Bertz CT molecular complexity index is 1430. The van der Waals surface area contributed by atoms with Crippen LogP contribution in [0.5, 0.6) is 0 Å². The minimum Gasteiger partial charge on any atom is -0.480 e. The number of amides is 2. The third-order valence-electron chi connectivity index (χ3n) is 8.23. The highest BCUT2D eigenvalue weighted by Gasteiger charge is 2.66. The van der Waals surface area contributed by atoms with Crippen molar-refractivity contribution in [1.29, 1.82) is 0 Å². The number of rotatable bonds is 11. The second-order valence-corrected chi connectivity index (χ2v) is 19.3. The van der Waals surface area contributed by atoms with Crippen molar-refractivity contribution in [1.82, 2.24) is 9.80 Å². The summed E-state index contributed by atoms with van der Waals surface area (Å²) < 4.78 is 31.9. The van der Waals surface area contributed by atoms with Crippen LogP contribution in [0.4, 0.5) is 9.59 Å². The summed E-state index contributed by atoms with van der Waals surface area (Å²) in [5.74, 6) is -1.16. The van der Waals surface area contributed by atoms with Gasteiger partial charge in [0.05, 0.1) is 6.61 Å². The quantitative estimate of drug-likeness (QED) is 0.180. The molecule has 1 aliphatic heterocycles. The molecule has 1 aromatic carbocycles. The van der Waals surface area contributed by atoms with Crippen molar-refractivity contribution in [2.45, 2.75) is 117 Å². The van der Waals surface area contributed by atoms with Crippen LogP contribution in [0.15, 0.2) is 41.8 Å². The van der Waals surface area contributed by atoms with Crippen LogP contribution in [0.1, 0.15) is 94.1 Å². The van der Waals surface area contributed by atoms with Gasteiger partial charge in [0.25, 0.3) is 0 Å². The normalized spacial score (nSPS) is 22.2. The summed E-state index contributed by atoms with van der Waals surface area (Å²) in [7, 11) is -3.76. The largest absolute Gasteiger partial charge is 0.480 e. The molecule has 1 aliphatic rings. The molecule has 1 aromatic heterocycles. The molecule has 1 fully saturated rings. The Kier molecular flexibility index (Phi) is 12.8. The van der Waals surface area contributed by atoms with Crippen molar-refractivity contribution >= 4 is 36.9 Å². The summed E-state index contributed by atoms with van der Waals surface area (Å²) >= 11 is 1.65. The molecule has 0 radical (unpaired) electrons. The number of carboxylic acids is 1. The van der Waals surface area contributed by atoms with E-state index >= 15 is 0 Å². The van der Waals surface area contributed by atoms with E-state index in [1.807, 2.05) is 44.4 Å². The first kappa shape index (κ1) is 39.7. The molecule has 10 nitrogen and oxygen atoms in total. The fourth-order valence-corrected chi connectivity index (χ4v) is 10.9. The van der Waals surface area contributed by atoms with Crippen LogP contribution in [0.2, 0.25) is 0 Å². The lowest BCUT2D eigenvalue weighted by atomic mass is 9.74. The number of nitrogens with zero attached hydrogens (tertiary/aromatic N) is 2. The van der Waals surface area contributed by atoms with E-state index in [9.17, 15) is 24.1 Å². The van der Waals surface area contributed by atoms with E-state index in [0.717, 1.165) is 20.9 Å². The highest BCUT2D eigenvalue weighted by molar-refractivity contribution is 7.62. The smallest absolute Gasteiger partial charge is 0.419 e. The maximum Gasteiger partial charge on any atom is 0.419 e. The lowest BCUT2D eigenvalue weighted by Crippen LogP contribution is -2.66. The van der Waals surface area contributed by atoms with Crippen LogP contribution in [0, 0.1) is 5.41 Å². The predicted molar refractivity (Wildman–Crippen MR) is 191 cm³/mol. The van der Waals surface area contributed by atoms with Crippen LogP contribution >= 0.6 is 18.7 Å². The van der Waals surface area contributed by atoms with Gasteiger partial charge in [-0.25, -0.2) is 14.5 Å². The minimum atomic E-state index is -3.76. The molecular formula is C36H55N2O8PS. The number of carbonyl (C=O) groups is 3. The van der Waals surface area contributed by atoms with Crippen molar-refractivity contribution in [3.05, 3.63) is 47.3 Å². The second-order valence-electron chi connectivity index (χ2n) is 15.5. The lowest BCUT2D eigenvalue weighted by Gasteiger charge is -2.55. The van der Waals surface area contributed by atoms with Crippen LogP contribution in [-0.4, -0.2) is 81.3 Å². The number of unbranched alkanes of at least 4 members (excludes halogenated alkanes) is 1. The molecule has 2 aromatic rings. The standard InChI is InChI=1S/C36H55N2O8PS/c1-11-44-47(43)23-22-37(25-26-17-12-13-18-27(26)28-19-16-24-48-28)29(33(2,3)4)36(47,30(39)40)20-14-15-21-38(31(41)45-34(5,6)7)32(42)46-35(8,9)10/h12-13,16-19,24,29H,11,14-15,20-23,25H2,1-10H3,(H,39,40). The third kappa shape index (κ3) is 9.49. The molecule has 0 aliphatic carbocycles. The molecule has 3 rings (SSSR count). The maximum absolute atomic E-state index is 14.9. The average Bonchev–Trinajstić information content (AvgIpc) is 3.47. The zero-order chi connectivity index (χ0) is 36.1. The molecule has 0 spiro atoms. The molecule has 3 unspecified atom stereocenters. The highest BCUT2D eigenvalue weighted by Crippen LogP contribution is 2.67. The minimum absolute atomic E-state index is 0.0289. The van der Waals surface area contributed by atoms with Crippen LogP contribution in [0.25, 0.3) is 10.4 Å². The summed E-state index contributed by atoms with van der Waals surface area (Å²) in [6.07, 6.45) is -1.05. The molecule has 1 N–H and O–H groups in total. The average molecular weight is 707 g/mol. The number of aliphatic carboxylic acids is 1. The van der Waals surface area contributed by atoms with Gasteiger partial charge in [0.1, 0.15) is 11.2 Å². The Morgan fingerprint density at radius 1 is 0.958 bits per heavy atom. The Balaban J connectivity index is 1.99. The number of thiophene rings is 1. The molecule has 2 amide bonds.